The first-order valence-corrected chi connectivity index (χ1v) is 6.16. The van der Waals surface area contributed by atoms with Crippen molar-refractivity contribution in [1.29, 1.82) is 0 Å². The number of aromatic nitrogens is 2. The maximum atomic E-state index is 11.2. The molecule has 0 fully saturated rings. The van der Waals surface area contributed by atoms with Crippen molar-refractivity contribution in [1.82, 2.24) is 10.2 Å². The number of hydrogen-bond donors (Lipinski definition) is 1. The Kier molecular flexibility index (Phi) is 2.84. The summed E-state index contributed by atoms with van der Waals surface area (Å²) in [6.45, 7) is 0. The highest BCUT2D eigenvalue weighted by Crippen LogP contribution is 2.31. The summed E-state index contributed by atoms with van der Waals surface area (Å²) in [5.74, 6) is 1.33. The molecule has 1 N–H and O–H groups in total. The van der Waals surface area contributed by atoms with E-state index in [9.17, 15) is 4.79 Å². The summed E-state index contributed by atoms with van der Waals surface area (Å²) in [6.07, 6.45) is 6.11. The van der Waals surface area contributed by atoms with Gasteiger partial charge in [-0.2, -0.15) is 5.10 Å². The third-order valence-electron chi connectivity index (χ3n) is 3.22. The molecule has 1 aliphatic carbocycles. The van der Waals surface area contributed by atoms with Crippen molar-refractivity contribution in [2.75, 3.05) is 0 Å². The molecule has 1 aliphatic rings. The zero-order valence-corrected chi connectivity index (χ0v) is 9.98. The van der Waals surface area contributed by atoms with Crippen LogP contribution in [0.2, 0.25) is 0 Å². The summed E-state index contributed by atoms with van der Waals surface area (Å²) in [6, 6.07) is 7.51. The molecule has 0 unspecified atom stereocenters. The van der Waals surface area contributed by atoms with E-state index < -0.39 is 0 Å². The number of fused-ring (bicyclic) bond motifs is 1. The molecule has 0 aliphatic heterocycles. The SMILES string of the molecule is O=c1cc(Oc2cccc3c2CCCC3)cn[nH]1. The molecule has 4 nitrogen and oxygen atoms in total. The lowest BCUT2D eigenvalue weighted by Crippen LogP contribution is -2.07. The van der Waals surface area contributed by atoms with Gasteiger partial charge in [-0.05, 0) is 42.9 Å². The van der Waals surface area contributed by atoms with Gasteiger partial charge in [0.15, 0.2) is 5.75 Å². The first kappa shape index (κ1) is 11.0. The number of aromatic amines is 1. The zero-order valence-electron chi connectivity index (χ0n) is 9.98. The molecule has 0 bridgehead atoms. The van der Waals surface area contributed by atoms with Gasteiger partial charge >= 0.3 is 0 Å². The number of nitrogens with zero attached hydrogens (tertiary/aromatic N) is 1. The molecule has 0 radical (unpaired) electrons. The van der Waals surface area contributed by atoms with Crippen molar-refractivity contribution in [3.8, 4) is 11.5 Å². The predicted octanol–water partition coefficient (Wildman–Crippen LogP) is 2.44. The van der Waals surface area contributed by atoms with Crippen LogP contribution < -0.4 is 10.3 Å². The van der Waals surface area contributed by atoms with Gasteiger partial charge in [-0.25, -0.2) is 5.10 Å². The van der Waals surface area contributed by atoms with E-state index in [1.54, 1.807) is 0 Å². The van der Waals surface area contributed by atoms with Gasteiger partial charge < -0.3 is 4.74 Å². The van der Waals surface area contributed by atoms with Crippen molar-refractivity contribution >= 4 is 0 Å². The molecule has 2 aromatic rings. The highest BCUT2D eigenvalue weighted by atomic mass is 16.5. The lowest BCUT2D eigenvalue weighted by atomic mass is 9.91. The lowest BCUT2D eigenvalue weighted by Gasteiger charge is -2.19. The van der Waals surface area contributed by atoms with Gasteiger partial charge in [0.05, 0.1) is 6.20 Å². The van der Waals surface area contributed by atoms with E-state index in [2.05, 4.69) is 16.3 Å². The molecule has 0 spiro atoms. The summed E-state index contributed by atoms with van der Waals surface area (Å²) in [7, 11) is 0. The molecular formula is C14H14N2O2. The van der Waals surface area contributed by atoms with Crippen LogP contribution in [0.25, 0.3) is 0 Å². The van der Waals surface area contributed by atoms with Gasteiger partial charge in [0.25, 0.3) is 5.56 Å². The summed E-state index contributed by atoms with van der Waals surface area (Å²) < 4.78 is 5.78. The van der Waals surface area contributed by atoms with Crippen molar-refractivity contribution in [3.05, 3.63) is 51.9 Å². The standard InChI is InChI=1S/C14H14N2O2/c17-14-8-11(9-15-16-14)18-13-7-3-5-10-4-1-2-6-12(10)13/h3,5,7-9H,1-2,4,6H2,(H,16,17). The maximum absolute atomic E-state index is 11.2. The van der Waals surface area contributed by atoms with Crippen molar-refractivity contribution < 1.29 is 4.74 Å². The second-order valence-corrected chi connectivity index (χ2v) is 4.48. The normalized spacial score (nSPS) is 14.0. The Morgan fingerprint density at radius 3 is 3.00 bits per heavy atom. The van der Waals surface area contributed by atoms with Crippen LogP contribution in [-0.2, 0) is 12.8 Å². The van der Waals surface area contributed by atoms with E-state index in [-0.39, 0.29) is 5.56 Å². The average molecular weight is 242 g/mol. The molecule has 0 amide bonds. The third kappa shape index (κ3) is 2.14. The Labute approximate surface area is 105 Å². The fourth-order valence-electron chi connectivity index (χ4n) is 2.38. The molecule has 4 heteroatoms. The quantitative estimate of drug-likeness (QED) is 0.880. The van der Waals surface area contributed by atoms with Crippen LogP contribution in [-0.4, -0.2) is 10.2 Å². The summed E-state index contributed by atoms with van der Waals surface area (Å²) in [5, 5.41) is 6.06. The van der Waals surface area contributed by atoms with Crippen molar-refractivity contribution in [3.63, 3.8) is 0 Å². The number of nitrogens with one attached hydrogen (secondary N) is 1. The van der Waals surface area contributed by atoms with Crippen molar-refractivity contribution in [2.24, 2.45) is 0 Å². The Morgan fingerprint density at radius 2 is 2.11 bits per heavy atom. The smallest absolute Gasteiger partial charge is 0.267 e. The summed E-state index contributed by atoms with van der Waals surface area (Å²) >= 11 is 0. The van der Waals surface area contributed by atoms with Crippen LogP contribution in [0.5, 0.6) is 11.5 Å². The molecular weight excluding hydrogens is 228 g/mol. The number of hydrogen-bond acceptors (Lipinski definition) is 3. The molecule has 3 rings (SSSR count). The molecule has 0 saturated carbocycles. The molecule has 1 aromatic carbocycles. The summed E-state index contributed by atoms with van der Waals surface area (Å²) in [4.78, 5) is 11.2. The Balaban J connectivity index is 1.95. The highest BCUT2D eigenvalue weighted by molar-refractivity contribution is 5.43. The number of rotatable bonds is 2. The van der Waals surface area contributed by atoms with E-state index in [1.807, 2.05) is 12.1 Å². The van der Waals surface area contributed by atoms with Gasteiger partial charge in [-0.15, -0.1) is 0 Å². The van der Waals surface area contributed by atoms with Crippen LogP contribution >= 0.6 is 0 Å². The first-order valence-electron chi connectivity index (χ1n) is 6.16. The monoisotopic (exact) mass is 242 g/mol. The van der Waals surface area contributed by atoms with E-state index in [4.69, 9.17) is 4.74 Å². The number of aryl methyl sites for hydroxylation is 1. The fourth-order valence-corrected chi connectivity index (χ4v) is 2.38. The lowest BCUT2D eigenvalue weighted by molar-refractivity contribution is 0.465. The molecule has 92 valence electrons. The topological polar surface area (TPSA) is 55.0 Å². The van der Waals surface area contributed by atoms with Gasteiger partial charge in [0.1, 0.15) is 5.75 Å². The third-order valence-corrected chi connectivity index (χ3v) is 3.22. The van der Waals surface area contributed by atoms with E-state index >= 15 is 0 Å². The van der Waals surface area contributed by atoms with Crippen LogP contribution in [0.1, 0.15) is 24.0 Å². The van der Waals surface area contributed by atoms with E-state index in [0.717, 1.165) is 18.6 Å². The predicted molar refractivity (Wildman–Crippen MR) is 68.0 cm³/mol. The van der Waals surface area contributed by atoms with Gasteiger partial charge in [-0.1, -0.05) is 12.1 Å². The first-order chi connectivity index (χ1) is 8.83. The van der Waals surface area contributed by atoms with Crippen LogP contribution in [0, 0.1) is 0 Å². The highest BCUT2D eigenvalue weighted by Gasteiger charge is 2.14. The van der Waals surface area contributed by atoms with Crippen LogP contribution in [0.15, 0.2) is 35.3 Å². The van der Waals surface area contributed by atoms with Gasteiger partial charge in [0.2, 0.25) is 0 Å². The van der Waals surface area contributed by atoms with Gasteiger partial charge in [0, 0.05) is 6.07 Å². The second kappa shape index (κ2) is 4.64. The van der Waals surface area contributed by atoms with E-state index in [0.29, 0.717) is 5.75 Å². The van der Waals surface area contributed by atoms with E-state index in [1.165, 1.54) is 36.2 Å². The van der Waals surface area contributed by atoms with Gasteiger partial charge in [-0.3, -0.25) is 4.79 Å². The Hall–Kier alpha value is -2.10. The minimum absolute atomic E-state index is 0.253. The van der Waals surface area contributed by atoms with Crippen LogP contribution in [0.4, 0.5) is 0 Å². The molecule has 0 atom stereocenters. The summed E-state index contributed by atoms with van der Waals surface area (Å²) in [5.41, 5.74) is 2.37. The fraction of sp³-hybridized carbons (Fsp3) is 0.286. The molecule has 1 aromatic heterocycles. The molecule has 18 heavy (non-hydrogen) atoms. The number of benzene rings is 1. The van der Waals surface area contributed by atoms with Crippen molar-refractivity contribution in [2.45, 2.75) is 25.7 Å². The zero-order chi connectivity index (χ0) is 12.4. The molecule has 1 heterocycles. The Morgan fingerprint density at radius 1 is 1.22 bits per heavy atom. The number of H-pyrrole nitrogens is 1. The number of ether oxygens (including phenoxy) is 1. The largest absolute Gasteiger partial charge is 0.455 e. The molecule has 0 saturated heterocycles. The van der Waals surface area contributed by atoms with Crippen LogP contribution in [0.3, 0.4) is 0 Å². The second-order valence-electron chi connectivity index (χ2n) is 4.48. The maximum Gasteiger partial charge on any atom is 0.267 e. The Bertz CT molecular complexity index is 619. The minimum Gasteiger partial charge on any atom is -0.455 e. The average Bonchev–Trinajstić information content (AvgIpc) is 2.39. The minimum atomic E-state index is -0.253.